The molecule has 1 amide bonds. The zero-order chi connectivity index (χ0) is 19.1. The van der Waals surface area contributed by atoms with Crippen LogP contribution in [0.15, 0.2) is 74.2 Å². The van der Waals surface area contributed by atoms with Crippen molar-refractivity contribution in [3.8, 4) is 5.75 Å². The topological polar surface area (TPSA) is 52.9 Å². The van der Waals surface area contributed by atoms with Gasteiger partial charge in [0.25, 0.3) is 5.91 Å². The third kappa shape index (κ3) is 3.31. The first kappa shape index (κ1) is 17.9. The summed E-state index contributed by atoms with van der Waals surface area (Å²) >= 11 is 6.63. The molecule has 0 atom stereocenters. The van der Waals surface area contributed by atoms with Gasteiger partial charge in [0.05, 0.1) is 25.9 Å². The summed E-state index contributed by atoms with van der Waals surface area (Å²) in [7, 11) is 0. The van der Waals surface area contributed by atoms with Crippen LogP contribution < -0.4 is 5.01 Å². The van der Waals surface area contributed by atoms with Crippen LogP contribution in [0, 0.1) is 0 Å². The molecule has 1 aliphatic rings. The van der Waals surface area contributed by atoms with E-state index in [2.05, 4.69) is 37.0 Å². The number of amides is 1. The summed E-state index contributed by atoms with van der Waals surface area (Å²) in [4.78, 5) is 13.0. The van der Waals surface area contributed by atoms with Gasteiger partial charge in [0.1, 0.15) is 5.75 Å². The molecule has 0 aromatic heterocycles. The number of carbonyl (C=O) groups is 1. The number of hydrogen-bond donors (Lipinski definition) is 1. The van der Waals surface area contributed by atoms with Crippen LogP contribution in [0.4, 0.5) is 5.69 Å². The lowest BCUT2D eigenvalue weighted by molar-refractivity contribution is -0.114. The molecule has 0 saturated heterocycles. The number of aromatic hydroxyl groups is 1. The SMILES string of the molecule is CC1=NN(c2ccc3ccccc3c2)C(=O)C1=Cc1cc(Br)c(O)c(Br)c1. The second-order valence-corrected chi connectivity index (χ2v) is 7.93. The van der Waals surface area contributed by atoms with Crippen molar-refractivity contribution in [2.24, 2.45) is 5.10 Å². The van der Waals surface area contributed by atoms with Crippen LogP contribution in [-0.4, -0.2) is 16.7 Å². The van der Waals surface area contributed by atoms with Gasteiger partial charge in [-0.05, 0) is 85.5 Å². The number of rotatable bonds is 2. The van der Waals surface area contributed by atoms with Gasteiger partial charge in [0, 0.05) is 0 Å². The summed E-state index contributed by atoms with van der Waals surface area (Å²) < 4.78 is 1.10. The zero-order valence-electron chi connectivity index (χ0n) is 14.3. The van der Waals surface area contributed by atoms with Crippen LogP contribution in [0.25, 0.3) is 16.8 Å². The molecule has 0 saturated carbocycles. The molecule has 0 spiro atoms. The van der Waals surface area contributed by atoms with E-state index in [1.807, 2.05) is 49.4 Å². The van der Waals surface area contributed by atoms with Crippen LogP contribution in [0.2, 0.25) is 0 Å². The molecule has 6 heteroatoms. The quantitative estimate of drug-likeness (QED) is 0.461. The minimum atomic E-state index is -0.178. The van der Waals surface area contributed by atoms with E-state index < -0.39 is 0 Å². The van der Waals surface area contributed by atoms with Crippen molar-refractivity contribution in [3.05, 3.63) is 74.7 Å². The number of hydrogen-bond acceptors (Lipinski definition) is 3. The van der Waals surface area contributed by atoms with Crippen molar-refractivity contribution >= 4 is 66.0 Å². The Morgan fingerprint density at radius 1 is 1.00 bits per heavy atom. The first-order chi connectivity index (χ1) is 12.9. The predicted octanol–water partition coefficient (Wildman–Crippen LogP) is 5.88. The Kier molecular flexibility index (Phi) is 4.61. The molecule has 1 N–H and O–H groups in total. The molecule has 4 rings (SSSR count). The van der Waals surface area contributed by atoms with Crippen molar-refractivity contribution in [1.29, 1.82) is 0 Å². The van der Waals surface area contributed by atoms with Gasteiger partial charge >= 0.3 is 0 Å². The van der Waals surface area contributed by atoms with Gasteiger partial charge in [-0.15, -0.1) is 0 Å². The standard InChI is InChI=1S/C21H14Br2N2O2/c1-12-17(8-13-9-18(22)20(26)19(23)10-13)21(27)25(24-12)16-7-6-14-4-2-3-5-15(14)11-16/h2-11,26H,1H3. The Hall–Kier alpha value is -2.44. The molecule has 1 heterocycles. The average molecular weight is 486 g/mol. The van der Waals surface area contributed by atoms with E-state index in [4.69, 9.17) is 0 Å². The fourth-order valence-electron chi connectivity index (χ4n) is 3.00. The van der Waals surface area contributed by atoms with Crippen LogP contribution in [0.1, 0.15) is 12.5 Å². The highest BCUT2D eigenvalue weighted by atomic mass is 79.9. The Morgan fingerprint density at radius 3 is 2.37 bits per heavy atom. The lowest BCUT2D eigenvalue weighted by Crippen LogP contribution is -2.21. The largest absolute Gasteiger partial charge is 0.506 e. The minimum Gasteiger partial charge on any atom is -0.506 e. The maximum Gasteiger partial charge on any atom is 0.280 e. The molecule has 27 heavy (non-hydrogen) atoms. The number of anilines is 1. The van der Waals surface area contributed by atoms with Gasteiger partial charge in [-0.25, -0.2) is 0 Å². The van der Waals surface area contributed by atoms with Gasteiger partial charge < -0.3 is 5.11 Å². The monoisotopic (exact) mass is 484 g/mol. The molecular weight excluding hydrogens is 472 g/mol. The summed E-state index contributed by atoms with van der Waals surface area (Å²) in [5.41, 5.74) is 2.68. The summed E-state index contributed by atoms with van der Waals surface area (Å²) in [6.07, 6.45) is 1.77. The predicted molar refractivity (Wildman–Crippen MR) is 116 cm³/mol. The van der Waals surface area contributed by atoms with Gasteiger partial charge in [-0.3, -0.25) is 4.79 Å². The van der Waals surface area contributed by atoms with Gasteiger partial charge in [-0.2, -0.15) is 10.1 Å². The van der Waals surface area contributed by atoms with Crippen molar-refractivity contribution in [2.75, 3.05) is 5.01 Å². The second kappa shape index (κ2) is 6.94. The first-order valence-electron chi connectivity index (χ1n) is 8.22. The number of nitrogens with zero attached hydrogens (tertiary/aromatic N) is 2. The number of benzene rings is 3. The molecule has 3 aromatic carbocycles. The van der Waals surface area contributed by atoms with Crippen LogP contribution in [0.3, 0.4) is 0 Å². The van der Waals surface area contributed by atoms with Gasteiger partial charge in [0.2, 0.25) is 0 Å². The molecule has 3 aromatic rings. The van der Waals surface area contributed by atoms with Crippen LogP contribution in [0.5, 0.6) is 5.75 Å². The summed E-state index contributed by atoms with van der Waals surface area (Å²) in [6, 6.07) is 17.4. The number of phenolic OH excluding ortho intramolecular Hbond substituents is 1. The molecule has 0 bridgehead atoms. The third-order valence-electron chi connectivity index (χ3n) is 4.39. The van der Waals surface area contributed by atoms with Gasteiger partial charge in [-0.1, -0.05) is 30.3 Å². The third-order valence-corrected chi connectivity index (χ3v) is 5.60. The Labute approximate surface area is 173 Å². The molecule has 134 valence electrons. The summed E-state index contributed by atoms with van der Waals surface area (Å²) in [6.45, 7) is 1.81. The molecular formula is C21H14Br2N2O2. The maximum atomic E-state index is 13.0. The highest BCUT2D eigenvalue weighted by Gasteiger charge is 2.28. The van der Waals surface area contributed by atoms with E-state index in [-0.39, 0.29) is 11.7 Å². The number of halogens is 2. The molecule has 0 fully saturated rings. The number of hydrazone groups is 1. The average Bonchev–Trinajstić information content (AvgIpc) is 2.94. The van der Waals surface area contributed by atoms with Crippen molar-refractivity contribution in [3.63, 3.8) is 0 Å². The zero-order valence-corrected chi connectivity index (χ0v) is 17.5. The van der Waals surface area contributed by atoms with Crippen LogP contribution >= 0.6 is 31.9 Å². The minimum absolute atomic E-state index is 0.123. The fraction of sp³-hybridized carbons (Fsp3) is 0.0476. The first-order valence-corrected chi connectivity index (χ1v) is 9.81. The lowest BCUT2D eigenvalue weighted by Gasteiger charge is -2.12. The Morgan fingerprint density at radius 2 is 1.67 bits per heavy atom. The molecule has 0 radical (unpaired) electrons. The van der Waals surface area contributed by atoms with Crippen molar-refractivity contribution in [2.45, 2.75) is 6.92 Å². The Balaban J connectivity index is 1.72. The molecule has 4 nitrogen and oxygen atoms in total. The van der Waals surface area contributed by atoms with Gasteiger partial charge in [0.15, 0.2) is 0 Å². The van der Waals surface area contributed by atoms with E-state index in [9.17, 15) is 9.90 Å². The van der Waals surface area contributed by atoms with E-state index in [1.54, 1.807) is 18.2 Å². The second-order valence-electron chi connectivity index (χ2n) is 6.22. The lowest BCUT2D eigenvalue weighted by atomic mass is 10.1. The summed E-state index contributed by atoms with van der Waals surface area (Å²) in [5.74, 6) is -0.0545. The molecule has 0 unspecified atom stereocenters. The van der Waals surface area contributed by atoms with Crippen molar-refractivity contribution < 1.29 is 9.90 Å². The Bertz CT molecular complexity index is 1130. The number of carbonyl (C=O) groups excluding carboxylic acids is 1. The number of phenols is 1. The molecule has 0 aliphatic carbocycles. The summed E-state index contributed by atoms with van der Waals surface area (Å²) in [5, 5.41) is 17.9. The van der Waals surface area contributed by atoms with E-state index in [1.165, 1.54) is 5.01 Å². The molecule has 1 aliphatic heterocycles. The number of fused-ring (bicyclic) bond motifs is 1. The smallest absolute Gasteiger partial charge is 0.280 e. The van der Waals surface area contributed by atoms with E-state index in [0.29, 0.717) is 20.2 Å². The normalized spacial score (nSPS) is 15.7. The van der Waals surface area contributed by atoms with E-state index in [0.717, 1.165) is 22.0 Å². The highest BCUT2D eigenvalue weighted by molar-refractivity contribution is 9.11. The van der Waals surface area contributed by atoms with Crippen molar-refractivity contribution in [1.82, 2.24) is 0 Å². The van der Waals surface area contributed by atoms with Crippen LogP contribution in [-0.2, 0) is 4.79 Å². The fourth-order valence-corrected chi connectivity index (χ4v) is 4.22. The maximum absolute atomic E-state index is 13.0. The van der Waals surface area contributed by atoms with E-state index >= 15 is 0 Å². The highest BCUT2D eigenvalue weighted by Crippen LogP contribution is 2.35.